The van der Waals surface area contributed by atoms with Crippen LogP contribution < -0.4 is 0 Å². The maximum atomic E-state index is 13.0. The molecule has 81 heavy (non-hydrogen) atoms. The molecule has 0 aromatic rings. The third-order valence-corrected chi connectivity index (χ3v) is 16.3. The van der Waals surface area contributed by atoms with Crippen molar-refractivity contribution < 1.29 is 28.6 Å². The molecule has 0 aliphatic carbocycles. The fourth-order valence-electron chi connectivity index (χ4n) is 10.9. The van der Waals surface area contributed by atoms with Gasteiger partial charge in [0, 0.05) is 19.3 Å². The molecule has 0 rings (SSSR count). The van der Waals surface area contributed by atoms with E-state index in [1.54, 1.807) is 0 Å². The minimum absolute atomic E-state index is 0.0725. The summed E-state index contributed by atoms with van der Waals surface area (Å²) >= 11 is 0. The molecule has 0 heterocycles. The number of allylic oxidation sites excluding steroid dienone is 8. The molecule has 1 unspecified atom stereocenters. The van der Waals surface area contributed by atoms with Crippen molar-refractivity contribution in [1.82, 2.24) is 0 Å². The molecular formula is C75H138O6. The van der Waals surface area contributed by atoms with Crippen molar-refractivity contribution in [3.05, 3.63) is 48.6 Å². The van der Waals surface area contributed by atoms with Crippen LogP contribution >= 0.6 is 0 Å². The Labute approximate surface area is 505 Å². The summed E-state index contributed by atoms with van der Waals surface area (Å²) in [6, 6.07) is 0. The first-order valence-corrected chi connectivity index (χ1v) is 36.1. The van der Waals surface area contributed by atoms with Gasteiger partial charge in [0.05, 0.1) is 0 Å². The molecule has 0 spiro atoms. The standard InChI is InChI=1S/C75H138O6/c1-4-7-10-13-16-19-22-25-27-29-31-33-34-35-36-37-38-39-40-42-43-45-47-50-53-56-59-62-65-68-74(77)80-71-72(70-79-73(76)67-64-61-58-55-52-49-24-21-18-15-12-9-6-3)81-75(78)69-66-63-60-57-54-51-48-46-44-41-32-30-28-26-23-20-17-14-11-8-5-2/h12,15,21-22,24-25,29,31,72H,4-11,13-14,16-20,23,26-28,30,32-71H2,1-3H3/b15-12-,24-21-,25-22-,31-29-. The average molecular weight is 1140 g/mol. The second-order valence-corrected chi connectivity index (χ2v) is 24.5. The summed E-state index contributed by atoms with van der Waals surface area (Å²) in [4.78, 5) is 38.4. The zero-order valence-corrected chi connectivity index (χ0v) is 54.6. The van der Waals surface area contributed by atoms with Crippen LogP contribution in [0.1, 0.15) is 393 Å². The zero-order chi connectivity index (χ0) is 58.5. The van der Waals surface area contributed by atoms with E-state index in [9.17, 15) is 14.4 Å². The highest BCUT2D eigenvalue weighted by Crippen LogP contribution is 2.19. The maximum Gasteiger partial charge on any atom is 0.306 e. The number of unbranched alkanes of at least 4 members (excludes halogenated alkanes) is 48. The Bertz CT molecular complexity index is 1400. The van der Waals surface area contributed by atoms with E-state index in [0.29, 0.717) is 19.3 Å². The van der Waals surface area contributed by atoms with Crippen molar-refractivity contribution in [3.8, 4) is 0 Å². The summed E-state index contributed by atoms with van der Waals surface area (Å²) in [5.41, 5.74) is 0. The lowest BCUT2D eigenvalue weighted by Gasteiger charge is -2.18. The molecule has 474 valence electrons. The van der Waals surface area contributed by atoms with E-state index in [0.717, 1.165) is 89.9 Å². The predicted molar refractivity (Wildman–Crippen MR) is 353 cm³/mol. The third-order valence-electron chi connectivity index (χ3n) is 16.3. The third kappa shape index (κ3) is 68.0. The largest absolute Gasteiger partial charge is 0.462 e. The lowest BCUT2D eigenvalue weighted by atomic mass is 10.0. The maximum absolute atomic E-state index is 13.0. The van der Waals surface area contributed by atoms with Gasteiger partial charge in [-0.15, -0.1) is 0 Å². The van der Waals surface area contributed by atoms with Gasteiger partial charge >= 0.3 is 17.9 Å². The highest BCUT2D eigenvalue weighted by molar-refractivity contribution is 5.71. The minimum atomic E-state index is -0.777. The van der Waals surface area contributed by atoms with Gasteiger partial charge in [-0.1, -0.05) is 345 Å². The second-order valence-electron chi connectivity index (χ2n) is 24.5. The van der Waals surface area contributed by atoms with E-state index in [1.165, 1.54) is 263 Å². The van der Waals surface area contributed by atoms with Gasteiger partial charge in [0.15, 0.2) is 6.10 Å². The van der Waals surface area contributed by atoms with Crippen molar-refractivity contribution >= 4 is 17.9 Å². The molecule has 0 aliphatic heterocycles. The first-order chi connectivity index (χ1) is 40.0. The number of rotatable bonds is 67. The fraction of sp³-hybridized carbons (Fsp3) is 0.853. The molecule has 1 atom stereocenters. The molecule has 0 radical (unpaired) electrons. The highest BCUT2D eigenvalue weighted by Gasteiger charge is 2.19. The summed E-state index contributed by atoms with van der Waals surface area (Å²) in [5.74, 6) is -0.859. The summed E-state index contributed by atoms with van der Waals surface area (Å²) in [7, 11) is 0. The Morgan fingerprint density at radius 2 is 0.469 bits per heavy atom. The van der Waals surface area contributed by atoms with E-state index in [-0.39, 0.29) is 31.1 Å². The summed E-state index contributed by atoms with van der Waals surface area (Å²) in [5, 5.41) is 0. The summed E-state index contributed by atoms with van der Waals surface area (Å²) in [6.07, 6.45) is 88.7. The Balaban J connectivity index is 4.19. The van der Waals surface area contributed by atoms with Crippen LogP contribution in [0.4, 0.5) is 0 Å². The van der Waals surface area contributed by atoms with Crippen molar-refractivity contribution in [2.45, 2.75) is 399 Å². The SMILES string of the molecule is CCC/C=C\C/C=C\CCCCCCCC(=O)OCC(COC(=O)CCCCCCCCCCCCCCCCCCC/C=C\C/C=C\CCCCCCC)OC(=O)CCCCCCCCCCCCCCCCCCCCCCC. The van der Waals surface area contributed by atoms with Crippen molar-refractivity contribution in [3.63, 3.8) is 0 Å². The van der Waals surface area contributed by atoms with Crippen LogP contribution in [0.15, 0.2) is 48.6 Å². The molecule has 0 aromatic heterocycles. The number of carbonyl (C=O) groups excluding carboxylic acids is 3. The second kappa shape index (κ2) is 69.9. The zero-order valence-electron chi connectivity index (χ0n) is 54.6. The molecule has 0 aromatic carbocycles. The number of hydrogen-bond acceptors (Lipinski definition) is 6. The van der Waals surface area contributed by atoms with Gasteiger partial charge < -0.3 is 14.2 Å². The van der Waals surface area contributed by atoms with Gasteiger partial charge in [0.25, 0.3) is 0 Å². The van der Waals surface area contributed by atoms with Gasteiger partial charge in [-0.3, -0.25) is 14.4 Å². The van der Waals surface area contributed by atoms with Crippen molar-refractivity contribution in [1.29, 1.82) is 0 Å². The van der Waals surface area contributed by atoms with Gasteiger partial charge in [0.1, 0.15) is 13.2 Å². The lowest BCUT2D eigenvalue weighted by molar-refractivity contribution is -0.167. The number of hydrogen-bond donors (Lipinski definition) is 0. The molecule has 0 N–H and O–H groups in total. The fourth-order valence-corrected chi connectivity index (χ4v) is 10.9. The minimum Gasteiger partial charge on any atom is -0.462 e. The number of esters is 3. The van der Waals surface area contributed by atoms with Gasteiger partial charge in [0.2, 0.25) is 0 Å². The van der Waals surface area contributed by atoms with Crippen LogP contribution in [0.2, 0.25) is 0 Å². The van der Waals surface area contributed by atoms with Gasteiger partial charge in [-0.2, -0.15) is 0 Å². The van der Waals surface area contributed by atoms with E-state index in [4.69, 9.17) is 14.2 Å². The van der Waals surface area contributed by atoms with Gasteiger partial charge in [-0.25, -0.2) is 0 Å². The molecule has 0 fully saturated rings. The average Bonchev–Trinajstić information content (AvgIpc) is 3.46. The smallest absolute Gasteiger partial charge is 0.306 e. The Morgan fingerprint density at radius 1 is 0.247 bits per heavy atom. The van der Waals surface area contributed by atoms with Crippen LogP contribution in [0.5, 0.6) is 0 Å². The van der Waals surface area contributed by atoms with Gasteiger partial charge in [-0.05, 0) is 77.0 Å². The molecular weight excluding hydrogens is 997 g/mol. The first kappa shape index (κ1) is 78.4. The van der Waals surface area contributed by atoms with E-state index < -0.39 is 6.10 Å². The number of carbonyl (C=O) groups is 3. The molecule has 6 heteroatoms. The van der Waals surface area contributed by atoms with Crippen molar-refractivity contribution in [2.75, 3.05) is 13.2 Å². The molecule has 0 bridgehead atoms. The van der Waals surface area contributed by atoms with Crippen LogP contribution in [-0.2, 0) is 28.6 Å². The van der Waals surface area contributed by atoms with Crippen LogP contribution in [0.3, 0.4) is 0 Å². The summed E-state index contributed by atoms with van der Waals surface area (Å²) in [6.45, 7) is 6.63. The molecule has 0 saturated carbocycles. The molecule has 6 nitrogen and oxygen atoms in total. The van der Waals surface area contributed by atoms with Crippen LogP contribution in [0, 0.1) is 0 Å². The summed E-state index contributed by atoms with van der Waals surface area (Å²) < 4.78 is 17.0. The number of ether oxygens (including phenoxy) is 3. The van der Waals surface area contributed by atoms with E-state index in [1.807, 2.05) is 0 Å². The molecule has 0 aliphatic rings. The molecule has 0 amide bonds. The Kier molecular flexibility index (Phi) is 67.6. The lowest BCUT2D eigenvalue weighted by Crippen LogP contribution is -2.30. The van der Waals surface area contributed by atoms with Crippen LogP contribution in [-0.4, -0.2) is 37.2 Å². The monoisotopic (exact) mass is 1140 g/mol. The topological polar surface area (TPSA) is 78.9 Å². The van der Waals surface area contributed by atoms with E-state index >= 15 is 0 Å². The van der Waals surface area contributed by atoms with E-state index in [2.05, 4.69) is 69.4 Å². The quantitative estimate of drug-likeness (QED) is 0.0261. The predicted octanol–water partition coefficient (Wildman–Crippen LogP) is 24.9. The Morgan fingerprint density at radius 3 is 0.728 bits per heavy atom. The normalized spacial score (nSPS) is 12.3. The molecule has 0 saturated heterocycles. The highest BCUT2D eigenvalue weighted by atomic mass is 16.6. The van der Waals surface area contributed by atoms with Crippen molar-refractivity contribution in [2.24, 2.45) is 0 Å². The Hall–Kier alpha value is -2.63. The first-order valence-electron chi connectivity index (χ1n) is 36.1. The van der Waals surface area contributed by atoms with Crippen LogP contribution in [0.25, 0.3) is 0 Å².